The summed E-state index contributed by atoms with van der Waals surface area (Å²) in [5, 5.41) is 11.2. The van der Waals surface area contributed by atoms with E-state index in [2.05, 4.69) is 19.1 Å². The molecule has 5 rings (SSSR count). The molecule has 0 fully saturated rings. The third-order valence-corrected chi connectivity index (χ3v) is 8.77. The van der Waals surface area contributed by atoms with Gasteiger partial charge in [-0.25, -0.2) is 8.42 Å². The number of nitro groups is 1. The number of hydrogen-bond acceptors (Lipinski definition) is 4. The topological polar surface area (TPSA) is 80.5 Å². The summed E-state index contributed by atoms with van der Waals surface area (Å²) in [4.78, 5) is 11.0. The molecule has 6 nitrogen and oxygen atoms in total. The fraction of sp³-hybridized carbons (Fsp3) is 0.259. The van der Waals surface area contributed by atoms with Crippen molar-refractivity contribution < 1.29 is 13.3 Å². The van der Waals surface area contributed by atoms with Crippen molar-refractivity contribution in [3.8, 4) is 0 Å². The predicted molar refractivity (Wildman–Crippen MR) is 132 cm³/mol. The van der Waals surface area contributed by atoms with Crippen LogP contribution in [0, 0.1) is 23.0 Å². The minimum atomic E-state index is -3.80. The maximum Gasteiger partial charge on any atom is 0.269 e. The van der Waals surface area contributed by atoms with E-state index in [0.29, 0.717) is 6.54 Å². The molecule has 0 spiro atoms. The lowest BCUT2D eigenvalue weighted by Crippen LogP contribution is -2.43. The first-order chi connectivity index (χ1) is 16.3. The quantitative estimate of drug-likeness (QED) is 0.360. The van der Waals surface area contributed by atoms with E-state index in [0.717, 1.165) is 29.5 Å². The summed E-state index contributed by atoms with van der Waals surface area (Å²) >= 11 is 0. The molecule has 2 atom stereocenters. The monoisotopic (exact) mass is 474 g/mol. The number of nitro benzene ring substituents is 1. The minimum absolute atomic E-state index is 0.0101. The Morgan fingerprint density at radius 1 is 0.941 bits per heavy atom. The molecule has 1 aliphatic carbocycles. The number of non-ortho nitro benzene ring substituents is 1. The average Bonchev–Trinajstić information content (AvgIpc) is 2.84. The van der Waals surface area contributed by atoms with Crippen LogP contribution in [0.15, 0.2) is 83.3 Å². The van der Waals surface area contributed by atoms with E-state index < -0.39 is 21.0 Å². The van der Waals surface area contributed by atoms with Crippen LogP contribution in [0.2, 0.25) is 0 Å². The molecule has 0 unspecified atom stereocenters. The highest BCUT2D eigenvalue weighted by molar-refractivity contribution is 7.89. The Morgan fingerprint density at radius 3 is 2.29 bits per heavy atom. The van der Waals surface area contributed by atoms with Crippen molar-refractivity contribution in [1.29, 1.82) is 0 Å². The molecule has 0 radical (unpaired) electrons. The molecule has 0 bridgehead atoms. The Morgan fingerprint density at radius 2 is 1.62 bits per heavy atom. The highest BCUT2D eigenvalue weighted by atomic mass is 32.2. The lowest BCUT2D eigenvalue weighted by Gasteiger charge is -2.43. The van der Waals surface area contributed by atoms with Gasteiger partial charge in [0, 0.05) is 18.7 Å². The maximum absolute atomic E-state index is 13.9. The van der Waals surface area contributed by atoms with Crippen molar-refractivity contribution in [2.45, 2.75) is 37.6 Å². The number of nitrogens with zero attached hydrogens (tertiary/aromatic N) is 2. The molecule has 1 aliphatic heterocycles. The van der Waals surface area contributed by atoms with Crippen molar-refractivity contribution in [3.63, 3.8) is 0 Å². The van der Waals surface area contributed by atoms with E-state index in [1.165, 1.54) is 28.8 Å². The van der Waals surface area contributed by atoms with E-state index in [4.69, 9.17) is 0 Å². The van der Waals surface area contributed by atoms with Crippen LogP contribution in [0.25, 0.3) is 5.57 Å². The van der Waals surface area contributed by atoms with Crippen molar-refractivity contribution in [1.82, 2.24) is 4.31 Å². The molecule has 1 heterocycles. The second-order valence-corrected chi connectivity index (χ2v) is 11.0. The van der Waals surface area contributed by atoms with Crippen LogP contribution in [0.3, 0.4) is 0 Å². The van der Waals surface area contributed by atoms with Crippen molar-refractivity contribution in [2.75, 3.05) is 6.54 Å². The molecule has 174 valence electrons. The van der Waals surface area contributed by atoms with Crippen LogP contribution < -0.4 is 0 Å². The smallest absolute Gasteiger partial charge is 0.258 e. The number of benzene rings is 3. The number of aryl methyl sites for hydroxylation is 2. The lowest BCUT2D eigenvalue weighted by molar-refractivity contribution is -0.384. The Bertz CT molecular complexity index is 1390. The highest BCUT2D eigenvalue weighted by Gasteiger charge is 2.42. The van der Waals surface area contributed by atoms with E-state index in [1.807, 2.05) is 31.2 Å². The van der Waals surface area contributed by atoms with Gasteiger partial charge in [-0.2, -0.15) is 4.31 Å². The molecule has 3 aromatic rings. The SMILES string of the molecule is Cc1ccc(S(=O)(=O)N2C[C@H](C)C3=C(CCc4ccccc43)[C@H]2c2ccc([N+](=O)[O-])cc2)cc1. The van der Waals surface area contributed by atoms with Crippen molar-refractivity contribution >= 4 is 21.3 Å². The van der Waals surface area contributed by atoms with Crippen LogP contribution in [0.4, 0.5) is 5.69 Å². The fourth-order valence-corrected chi connectivity index (χ4v) is 7.01. The van der Waals surface area contributed by atoms with Crippen LogP contribution in [0.1, 0.15) is 41.6 Å². The van der Waals surface area contributed by atoms with Gasteiger partial charge in [-0.05, 0) is 65.7 Å². The normalized spacial score (nSPS) is 20.5. The summed E-state index contributed by atoms with van der Waals surface area (Å²) in [5.74, 6) is 0.0194. The van der Waals surface area contributed by atoms with Crippen LogP contribution >= 0.6 is 0 Å². The maximum atomic E-state index is 13.9. The molecule has 0 saturated heterocycles. The van der Waals surface area contributed by atoms with Crippen LogP contribution in [-0.4, -0.2) is 24.2 Å². The first kappa shape index (κ1) is 22.5. The molecule has 0 saturated carbocycles. The van der Waals surface area contributed by atoms with Gasteiger partial charge in [0.15, 0.2) is 0 Å². The van der Waals surface area contributed by atoms with E-state index >= 15 is 0 Å². The van der Waals surface area contributed by atoms with Crippen molar-refractivity contribution in [3.05, 3.63) is 111 Å². The summed E-state index contributed by atoms with van der Waals surface area (Å²) in [6.07, 6.45) is 1.59. The zero-order valence-corrected chi connectivity index (χ0v) is 20.0. The molecule has 34 heavy (non-hydrogen) atoms. The van der Waals surface area contributed by atoms with Crippen LogP contribution in [-0.2, 0) is 16.4 Å². The third kappa shape index (κ3) is 3.75. The van der Waals surface area contributed by atoms with Gasteiger partial charge in [-0.1, -0.05) is 61.0 Å². The van der Waals surface area contributed by atoms with E-state index in [1.54, 1.807) is 28.6 Å². The Hall–Kier alpha value is -3.29. The van der Waals surface area contributed by atoms with Gasteiger partial charge in [-0.15, -0.1) is 0 Å². The first-order valence-electron chi connectivity index (χ1n) is 11.4. The molecule has 0 N–H and O–H groups in total. The zero-order valence-electron chi connectivity index (χ0n) is 19.1. The second-order valence-electron chi connectivity index (χ2n) is 9.14. The Kier molecular flexibility index (Phi) is 5.62. The van der Waals surface area contributed by atoms with E-state index in [9.17, 15) is 18.5 Å². The number of fused-ring (bicyclic) bond motifs is 2. The average molecular weight is 475 g/mol. The van der Waals surface area contributed by atoms with Gasteiger partial charge < -0.3 is 0 Å². The second kappa shape index (κ2) is 8.49. The summed E-state index contributed by atoms with van der Waals surface area (Å²) in [7, 11) is -3.80. The van der Waals surface area contributed by atoms with Gasteiger partial charge in [0.2, 0.25) is 10.0 Å². The standard InChI is InChI=1S/C27H26N2O4S/c1-18-7-14-23(15-8-18)34(32,33)28-17-19(2)26-24-6-4-3-5-20(24)11-16-25(26)27(28)21-9-12-22(13-10-21)29(30)31/h3-10,12-15,19,27H,11,16-17H2,1-2H3/t19-,27+/m0/s1. The molecule has 7 heteroatoms. The van der Waals surface area contributed by atoms with Gasteiger partial charge >= 0.3 is 0 Å². The van der Waals surface area contributed by atoms with Gasteiger partial charge in [0.1, 0.15) is 0 Å². The summed E-state index contributed by atoms with van der Waals surface area (Å²) < 4.78 is 29.4. The molecule has 3 aromatic carbocycles. The molecule has 2 aliphatic rings. The van der Waals surface area contributed by atoms with Crippen molar-refractivity contribution in [2.24, 2.45) is 5.92 Å². The summed E-state index contributed by atoms with van der Waals surface area (Å²) in [6, 6.07) is 21.1. The molecular formula is C27H26N2O4S. The summed E-state index contributed by atoms with van der Waals surface area (Å²) in [5.41, 5.74) is 6.50. The largest absolute Gasteiger partial charge is 0.269 e. The van der Waals surface area contributed by atoms with E-state index in [-0.39, 0.29) is 16.5 Å². The Labute approximate surface area is 199 Å². The number of hydrogen-bond donors (Lipinski definition) is 0. The van der Waals surface area contributed by atoms with Gasteiger partial charge in [-0.3, -0.25) is 10.1 Å². The number of sulfonamides is 1. The molecular weight excluding hydrogens is 448 g/mol. The summed E-state index contributed by atoms with van der Waals surface area (Å²) in [6.45, 7) is 4.35. The third-order valence-electron chi connectivity index (χ3n) is 6.93. The lowest BCUT2D eigenvalue weighted by atomic mass is 9.74. The highest BCUT2D eigenvalue weighted by Crippen LogP contribution is 2.49. The number of rotatable bonds is 4. The fourth-order valence-electron chi connectivity index (χ4n) is 5.31. The Balaban J connectivity index is 1.70. The predicted octanol–water partition coefficient (Wildman–Crippen LogP) is 5.68. The molecule has 0 amide bonds. The van der Waals surface area contributed by atoms with Crippen LogP contribution in [0.5, 0.6) is 0 Å². The zero-order chi connectivity index (χ0) is 24.0. The minimum Gasteiger partial charge on any atom is -0.258 e. The van der Waals surface area contributed by atoms with Gasteiger partial charge in [0.05, 0.1) is 15.9 Å². The van der Waals surface area contributed by atoms with Gasteiger partial charge in [0.25, 0.3) is 5.69 Å². The first-order valence-corrected chi connectivity index (χ1v) is 12.9. The molecule has 0 aromatic heterocycles.